The van der Waals surface area contributed by atoms with Gasteiger partial charge in [-0.15, -0.1) is 11.6 Å². The van der Waals surface area contributed by atoms with E-state index in [0.29, 0.717) is 43.9 Å². The summed E-state index contributed by atoms with van der Waals surface area (Å²) in [6, 6.07) is 4.96. The summed E-state index contributed by atoms with van der Waals surface area (Å²) in [5.74, 6) is -1.85. The highest BCUT2D eigenvalue weighted by Crippen LogP contribution is 2.38. The van der Waals surface area contributed by atoms with E-state index >= 15 is 0 Å². The van der Waals surface area contributed by atoms with E-state index in [1.807, 2.05) is 11.0 Å². The Labute approximate surface area is 171 Å². The van der Waals surface area contributed by atoms with Crippen molar-refractivity contribution in [3.8, 4) is 6.07 Å². The Morgan fingerprint density at radius 2 is 2.00 bits per heavy atom. The maximum atomic E-state index is 14.9. The average Bonchev–Trinajstić information content (AvgIpc) is 3.54. The molecule has 0 radical (unpaired) electrons. The Bertz CT molecular complexity index is 1070. The fraction of sp³-hybridized carbons (Fsp3) is 0.450. The summed E-state index contributed by atoms with van der Waals surface area (Å²) in [5.41, 5.74) is -0.0361. The number of pyridine rings is 1. The Balaban J connectivity index is 1.69. The van der Waals surface area contributed by atoms with E-state index in [2.05, 4.69) is 4.90 Å². The van der Waals surface area contributed by atoms with Gasteiger partial charge in [-0.1, -0.05) is 0 Å². The zero-order valence-electron chi connectivity index (χ0n) is 15.6. The van der Waals surface area contributed by atoms with Gasteiger partial charge in [0.05, 0.1) is 17.3 Å². The number of aromatic carboxylic acids is 1. The molecular weight excluding hydrogens is 399 g/mol. The summed E-state index contributed by atoms with van der Waals surface area (Å²) < 4.78 is 16.7. The highest BCUT2D eigenvalue weighted by atomic mass is 35.5. The minimum Gasteiger partial charge on any atom is -0.477 e. The van der Waals surface area contributed by atoms with Crippen LogP contribution in [0.2, 0.25) is 0 Å². The van der Waals surface area contributed by atoms with Gasteiger partial charge in [0, 0.05) is 50.3 Å². The van der Waals surface area contributed by atoms with Crippen molar-refractivity contribution in [2.45, 2.75) is 24.3 Å². The zero-order chi connectivity index (χ0) is 20.7. The van der Waals surface area contributed by atoms with Crippen LogP contribution in [0.3, 0.4) is 0 Å². The molecule has 29 heavy (non-hydrogen) atoms. The molecule has 1 aliphatic carbocycles. The van der Waals surface area contributed by atoms with Gasteiger partial charge in [-0.25, -0.2) is 9.18 Å². The van der Waals surface area contributed by atoms with Crippen LogP contribution in [0, 0.1) is 17.1 Å². The van der Waals surface area contributed by atoms with Crippen LogP contribution in [-0.2, 0) is 0 Å². The van der Waals surface area contributed by atoms with Crippen molar-refractivity contribution in [3.63, 3.8) is 0 Å². The maximum Gasteiger partial charge on any atom is 0.341 e. The smallest absolute Gasteiger partial charge is 0.341 e. The molecule has 0 bridgehead atoms. The molecule has 9 heteroatoms. The molecule has 7 nitrogen and oxygen atoms in total. The second-order valence-corrected chi connectivity index (χ2v) is 8.05. The van der Waals surface area contributed by atoms with Crippen LogP contribution in [0.5, 0.6) is 0 Å². The molecule has 1 unspecified atom stereocenters. The summed E-state index contributed by atoms with van der Waals surface area (Å²) in [6.07, 6.45) is 3.19. The minimum atomic E-state index is -1.30. The van der Waals surface area contributed by atoms with E-state index in [1.165, 1.54) is 6.20 Å². The van der Waals surface area contributed by atoms with Gasteiger partial charge in [0.15, 0.2) is 0 Å². The van der Waals surface area contributed by atoms with Crippen molar-refractivity contribution >= 4 is 34.2 Å². The molecule has 2 fully saturated rings. The fourth-order valence-corrected chi connectivity index (χ4v) is 4.04. The number of fused-ring (bicyclic) bond motifs is 1. The Hall–Kier alpha value is -2.63. The quantitative estimate of drug-likeness (QED) is 0.750. The SMILES string of the molecule is N#CC(Cl)CN1CCN(c2cc3c(cc2F)c(=O)c(C(=O)O)cn3C2CC2)CC1. The number of anilines is 1. The first kappa shape index (κ1) is 19.7. The predicted molar refractivity (Wildman–Crippen MR) is 107 cm³/mol. The number of carboxylic acids is 1. The van der Waals surface area contributed by atoms with Crippen LogP contribution in [0.15, 0.2) is 23.1 Å². The standard InChI is InChI=1S/C20H20ClFN4O3/c21-12(9-23)10-24-3-5-25(6-4-24)18-8-17-14(7-16(18)22)19(27)15(20(28)29)11-26(17)13-1-2-13/h7-8,11-13H,1-6,10H2,(H,28,29). The lowest BCUT2D eigenvalue weighted by Crippen LogP contribution is -2.48. The van der Waals surface area contributed by atoms with Crippen LogP contribution in [0.1, 0.15) is 29.2 Å². The Morgan fingerprint density at radius 1 is 1.31 bits per heavy atom. The van der Waals surface area contributed by atoms with Gasteiger partial charge in [-0.2, -0.15) is 5.26 Å². The molecule has 1 N–H and O–H groups in total. The Kier molecular flexibility index (Phi) is 5.19. The van der Waals surface area contributed by atoms with Gasteiger partial charge in [0.1, 0.15) is 16.8 Å². The van der Waals surface area contributed by atoms with Crippen LogP contribution in [-0.4, -0.2) is 58.6 Å². The summed E-state index contributed by atoms with van der Waals surface area (Å²) >= 11 is 5.89. The first-order valence-corrected chi connectivity index (χ1v) is 9.95. The second-order valence-electron chi connectivity index (χ2n) is 7.52. The van der Waals surface area contributed by atoms with Gasteiger partial charge in [0.25, 0.3) is 0 Å². The van der Waals surface area contributed by atoms with E-state index < -0.39 is 22.6 Å². The largest absolute Gasteiger partial charge is 0.477 e. The molecule has 1 aromatic carbocycles. The normalized spacial score (nSPS) is 18.6. The third kappa shape index (κ3) is 3.80. The number of hydrogen-bond acceptors (Lipinski definition) is 5. The summed E-state index contributed by atoms with van der Waals surface area (Å²) in [6.45, 7) is 2.90. The van der Waals surface area contributed by atoms with Gasteiger partial charge < -0.3 is 14.6 Å². The number of alkyl halides is 1. The summed E-state index contributed by atoms with van der Waals surface area (Å²) in [4.78, 5) is 28.0. The van der Waals surface area contributed by atoms with Crippen LogP contribution < -0.4 is 10.3 Å². The van der Waals surface area contributed by atoms with E-state index in [9.17, 15) is 19.1 Å². The number of piperazine rings is 1. The molecule has 152 valence electrons. The molecule has 1 atom stereocenters. The number of carbonyl (C=O) groups is 1. The number of halogens is 2. The molecule has 2 aliphatic rings. The van der Waals surface area contributed by atoms with E-state index in [-0.39, 0.29) is 17.0 Å². The van der Waals surface area contributed by atoms with Gasteiger partial charge in [-0.05, 0) is 25.0 Å². The highest BCUT2D eigenvalue weighted by Gasteiger charge is 2.28. The molecule has 1 saturated carbocycles. The first-order chi connectivity index (χ1) is 13.9. The molecule has 0 amide bonds. The Morgan fingerprint density at radius 3 is 2.59 bits per heavy atom. The lowest BCUT2D eigenvalue weighted by atomic mass is 10.1. The van der Waals surface area contributed by atoms with Crippen molar-refractivity contribution in [2.24, 2.45) is 0 Å². The van der Waals surface area contributed by atoms with Crippen molar-refractivity contribution in [1.29, 1.82) is 5.26 Å². The van der Waals surface area contributed by atoms with Crippen LogP contribution in [0.25, 0.3) is 10.9 Å². The minimum absolute atomic E-state index is 0.0932. The number of aromatic nitrogens is 1. The van der Waals surface area contributed by atoms with Crippen LogP contribution in [0.4, 0.5) is 10.1 Å². The molecule has 4 rings (SSSR count). The van der Waals surface area contributed by atoms with Gasteiger partial charge >= 0.3 is 5.97 Å². The lowest BCUT2D eigenvalue weighted by molar-refractivity contribution is 0.0695. The second kappa shape index (κ2) is 7.65. The van der Waals surface area contributed by atoms with Crippen molar-refractivity contribution in [1.82, 2.24) is 9.47 Å². The first-order valence-electron chi connectivity index (χ1n) is 9.51. The fourth-order valence-electron chi connectivity index (χ4n) is 3.85. The molecule has 1 saturated heterocycles. The zero-order valence-corrected chi connectivity index (χ0v) is 16.4. The maximum absolute atomic E-state index is 14.9. The third-order valence-corrected chi connectivity index (χ3v) is 5.78. The van der Waals surface area contributed by atoms with E-state index in [0.717, 1.165) is 18.9 Å². The van der Waals surface area contributed by atoms with Crippen molar-refractivity contribution in [3.05, 3.63) is 39.9 Å². The highest BCUT2D eigenvalue weighted by molar-refractivity contribution is 6.22. The van der Waals surface area contributed by atoms with Crippen LogP contribution >= 0.6 is 11.6 Å². The third-order valence-electron chi connectivity index (χ3n) is 5.54. The topological polar surface area (TPSA) is 89.6 Å². The molecular formula is C20H20ClFN4O3. The van der Waals surface area contributed by atoms with Gasteiger partial charge in [0.2, 0.25) is 5.43 Å². The van der Waals surface area contributed by atoms with E-state index in [4.69, 9.17) is 16.9 Å². The summed E-state index contributed by atoms with van der Waals surface area (Å²) in [7, 11) is 0. The number of nitrogens with zero attached hydrogens (tertiary/aromatic N) is 4. The number of hydrogen-bond donors (Lipinski definition) is 1. The number of benzene rings is 1. The predicted octanol–water partition coefficient (Wildman–Crippen LogP) is 2.43. The van der Waals surface area contributed by atoms with Gasteiger partial charge in [-0.3, -0.25) is 9.69 Å². The van der Waals surface area contributed by atoms with Crippen molar-refractivity contribution < 1.29 is 14.3 Å². The monoisotopic (exact) mass is 418 g/mol. The lowest BCUT2D eigenvalue weighted by Gasteiger charge is -2.36. The number of rotatable bonds is 5. The number of carboxylic acid groups (broad SMARTS) is 1. The average molecular weight is 419 g/mol. The molecule has 2 aromatic rings. The van der Waals surface area contributed by atoms with E-state index in [1.54, 1.807) is 10.6 Å². The molecule has 1 aromatic heterocycles. The van der Waals surface area contributed by atoms with Crippen molar-refractivity contribution in [2.75, 3.05) is 37.6 Å². The molecule has 0 spiro atoms. The molecule has 2 heterocycles. The molecule has 1 aliphatic heterocycles. The summed E-state index contributed by atoms with van der Waals surface area (Å²) in [5, 5.41) is 17.7. The number of nitriles is 1.